The Kier molecular flexibility index (Phi) is 1.59. The average Bonchev–Trinajstić information content (AvgIpc) is 2.46. The molecule has 1 aromatic heterocycles. The van der Waals surface area contributed by atoms with Gasteiger partial charge in [-0.3, -0.25) is 0 Å². The van der Waals surface area contributed by atoms with Crippen molar-refractivity contribution >= 4 is 16.9 Å². The highest BCUT2D eigenvalue weighted by Crippen LogP contribution is 2.18. The lowest BCUT2D eigenvalue weighted by Crippen LogP contribution is -2.21. The molecule has 0 saturated heterocycles. The van der Waals surface area contributed by atoms with E-state index in [1.165, 1.54) is 6.20 Å². The first kappa shape index (κ1) is 7.86. The molecular weight excluding hydrogens is 166 g/mol. The zero-order valence-electron chi connectivity index (χ0n) is 7.13. The number of aromatic carboxylic acids is 1. The molecule has 0 spiro atoms. The predicted octanol–water partition coefficient (Wildman–Crippen LogP) is 0.840. The SMILES string of the molecule is Cc1ccc2c(C(=O)[O-])c[nH]c2c1. The lowest BCUT2D eigenvalue weighted by molar-refractivity contribution is -0.254. The summed E-state index contributed by atoms with van der Waals surface area (Å²) in [5.74, 6) is -1.14. The number of fused-ring (bicyclic) bond motifs is 1. The number of rotatable bonds is 1. The van der Waals surface area contributed by atoms with Gasteiger partial charge in [-0.1, -0.05) is 12.1 Å². The highest BCUT2D eigenvalue weighted by Gasteiger charge is 2.03. The van der Waals surface area contributed by atoms with Crippen molar-refractivity contribution in [1.82, 2.24) is 4.98 Å². The minimum atomic E-state index is -1.14. The van der Waals surface area contributed by atoms with Gasteiger partial charge < -0.3 is 14.9 Å². The molecule has 13 heavy (non-hydrogen) atoms. The van der Waals surface area contributed by atoms with E-state index in [0.717, 1.165) is 11.1 Å². The van der Waals surface area contributed by atoms with Gasteiger partial charge in [0.05, 0.1) is 5.97 Å². The highest BCUT2D eigenvalue weighted by atomic mass is 16.4. The lowest BCUT2D eigenvalue weighted by atomic mass is 10.1. The van der Waals surface area contributed by atoms with Crippen molar-refractivity contribution < 1.29 is 9.90 Å². The molecule has 0 aliphatic carbocycles. The summed E-state index contributed by atoms with van der Waals surface area (Å²) in [4.78, 5) is 13.5. The van der Waals surface area contributed by atoms with Gasteiger partial charge in [0, 0.05) is 22.7 Å². The normalized spacial score (nSPS) is 10.5. The third-order valence-electron chi connectivity index (χ3n) is 2.06. The summed E-state index contributed by atoms with van der Waals surface area (Å²) in [7, 11) is 0. The van der Waals surface area contributed by atoms with Crippen molar-refractivity contribution in [3.8, 4) is 0 Å². The predicted molar refractivity (Wildman–Crippen MR) is 47.4 cm³/mol. The van der Waals surface area contributed by atoms with Crippen molar-refractivity contribution in [2.75, 3.05) is 0 Å². The molecule has 2 aromatic rings. The van der Waals surface area contributed by atoms with E-state index < -0.39 is 5.97 Å². The molecule has 0 fully saturated rings. The summed E-state index contributed by atoms with van der Waals surface area (Å²) < 4.78 is 0. The van der Waals surface area contributed by atoms with Crippen LogP contribution in [-0.4, -0.2) is 11.0 Å². The van der Waals surface area contributed by atoms with Gasteiger partial charge in [-0.05, 0) is 18.6 Å². The molecule has 0 saturated carbocycles. The van der Waals surface area contributed by atoms with Crippen LogP contribution in [0.1, 0.15) is 15.9 Å². The van der Waals surface area contributed by atoms with Crippen LogP contribution in [0.5, 0.6) is 0 Å². The summed E-state index contributed by atoms with van der Waals surface area (Å²) in [6.07, 6.45) is 1.46. The molecule has 1 aromatic carbocycles. The number of carboxylic acid groups (broad SMARTS) is 1. The second-order valence-electron chi connectivity index (χ2n) is 3.04. The molecule has 1 heterocycles. The highest BCUT2D eigenvalue weighted by molar-refractivity contribution is 6.02. The van der Waals surface area contributed by atoms with E-state index in [0.29, 0.717) is 5.39 Å². The number of hydrogen-bond donors (Lipinski definition) is 1. The van der Waals surface area contributed by atoms with E-state index in [1.807, 2.05) is 19.1 Å². The first-order valence-corrected chi connectivity index (χ1v) is 3.97. The summed E-state index contributed by atoms with van der Waals surface area (Å²) in [5.41, 5.74) is 2.15. The van der Waals surface area contributed by atoms with Gasteiger partial charge >= 0.3 is 0 Å². The van der Waals surface area contributed by atoms with Crippen molar-refractivity contribution in [2.24, 2.45) is 0 Å². The van der Waals surface area contributed by atoms with Crippen LogP contribution in [0.4, 0.5) is 0 Å². The standard InChI is InChI=1S/C10H9NO2/c1-6-2-3-7-8(10(12)13)5-11-9(7)4-6/h2-5,11H,1H3,(H,12,13)/p-1. The number of nitrogens with one attached hydrogen (secondary N) is 1. The van der Waals surface area contributed by atoms with Gasteiger partial charge in [0.1, 0.15) is 0 Å². The minimum Gasteiger partial charge on any atom is -0.545 e. The summed E-state index contributed by atoms with van der Waals surface area (Å²) in [6.45, 7) is 1.96. The number of aromatic amines is 1. The van der Waals surface area contributed by atoms with Crippen molar-refractivity contribution in [3.05, 3.63) is 35.5 Å². The van der Waals surface area contributed by atoms with Crippen LogP contribution in [0.2, 0.25) is 0 Å². The Morgan fingerprint density at radius 1 is 1.46 bits per heavy atom. The molecule has 0 amide bonds. The molecule has 0 atom stereocenters. The van der Waals surface area contributed by atoms with Gasteiger partial charge in [0.2, 0.25) is 0 Å². The van der Waals surface area contributed by atoms with Crippen LogP contribution in [0.25, 0.3) is 10.9 Å². The molecule has 0 aliphatic heterocycles. The van der Waals surface area contributed by atoms with Crippen molar-refractivity contribution in [3.63, 3.8) is 0 Å². The average molecular weight is 174 g/mol. The van der Waals surface area contributed by atoms with Crippen LogP contribution in [0.3, 0.4) is 0 Å². The van der Waals surface area contributed by atoms with E-state index in [1.54, 1.807) is 6.07 Å². The fraction of sp³-hybridized carbons (Fsp3) is 0.100. The number of carbonyl (C=O) groups is 1. The zero-order valence-corrected chi connectivity index (χ0v) is 7.13. The van der Waals surface area contributed by atoms with Gasteiger partial charge in [-0.25, -0.2) is 0 Å². The van der Waals surface area contributed by atoms with Crippen LogP contribution < -0.4 is 5.11 Å². The summed E-state index contributed by atoms with van der Waals surface area (Å²) >= 11 is 0. The maximum Gasteiger partial charge on any atom is 0.0736 e. The topological polar surface area (TPSA) is 55.9 Å². The lowest BCUT2D eigenvalue weighted by Gasteiger charge is -1.98. The first-order valence-electron chi connectivity index (χ1n) is 3.97. The largest absolute Gasteiger partial charge is 0.545 e. The molecule has 1 N–H and O–H groups in total. The number of H-pyrrole nitrogens is 1. The van der Waals surface area contributed by atoms with E-state index in [2.05, 4.69) is 4.98 Å². The van der Waals surface area contributed by atoms with Crippen molar-refractivity contribution in [2.45, 2.75) is 6.92 Å². The van der Waals surface area contributed by atoms with E-state index in [-0.39, 0.29) is 5.56 Å². The number of aryl methyl sites for hydroxylation is 1. The Morgan fingerprint density at radius 2 is 2.23 bits per heavy atom. The Labute approximate surface area is 75.0 Å². The summed E-state index contributed by atoms with van der Waals surface area (Å²) in [5, 5.41) is 11.3. The third kappa shape index (κ3) is 1.18. The maximum absolute atomic E-state index is 10.6. The number of carbonyl (C=O) groups excluding carboxylic acids is 1. The Bertz CT molecular complexity index is 471. The Hall–Kier alpha value is -1.77. The molecular formula is C10H8NO2-. The quantitative estimate of drug-likeness (QED) is 0.696. The van der Waals surface area contributed by atoms with Gasteiger partial charge in [0.15, 0.2) is 0 Å². The fourth-order valence-corrected chi connectivity index (χ4v) is 1.41. The smallest absolute Gasteiger partial charge is 0.0736 e. The second-order valence-corrected chi connectivity index (χ2v) is 3.04. The molecule has 0 unspecified atom stereocenters. The number of benzene rings is 1. The van der Waals surface area contributed by atoms with E-state index in [4.69, 9.17) is 0 Å². The monoisotopic (exact) mass is 174 g/mol. The number of hydrogen-bond acceptors (Lipinski definition) is 2. The number of carboxylic acids is 1. The van der Waals surface area contributed by atoms with Crippen LogP contribution in [0, 0.1) is 6.92 Å². The molecule has 0 radical (unpaired) electrons. The Morgan fingerprint density at radius 3 is 2.92 bits per heavy atom. The fourth-order valence-electron chi connectivity index (χ4n) is 1.41. The van der Waals surface area contributed by atoms with Crippen LogP contribution in [0.15, 0.2) is 24.4 Å². The van der Waals surface area contributed by atoms with Gasteiger partial charge in [-0.15, -0.1) is 0 Å². The zero-order chi connectivity index (χ0) is 9.42. The van der Waals surface area contributed by atoms with Gasteiger partial charge in [0.25, 0.3) is 0 Å². The van der Waals surface area contributed by atoms with E-state index in [9.17, 15) is 9.90 Å². The van der Waals surface area contributed by atoms with E-state index >= 15 is 0 Å². The molecule has 3 nitrogen and oxygen atoms in total. The van der Waals surface area contributed by atoms with Crippen molar-refractivity contribution in [1.29, 1.82) is 0 Å². The summed E-state index contributed by atoms with van der Waals surface area (Å²) in [6, 6.07) is 5.57. The third-order valence-corrected chi connectivity index (χ3v) is 2.06. The minimum absolute atomic E-state index is 0.218. The van der Waals surface area contributed by atoms with Gasteiger partial charge in [-0.2, -0.15) is 0 Å². The maximum atomic E-state index is 10.6. The second kappa shape index (κ2) is 2.62. The Balaban J connectivity index is 2.76. The van der Waals surface area contributed by atoms with Crippen LogP contribution in [-0.2, 0) is 0 Å². The first-order chi connectivity index (χ1) is 6.18. The molecule has 0 aliphatic rings. The molecule has 0 bridgehead atoms. The molecule has 66 valence electrons. The van der Waals surface area contributed by atoms with Crippen LogP contribution >= 0.6 is 0 Å². The molecule has 2 rings (SSSR count). The number of aromatic nitrogens is 1. The molecule has 3 heteroatoms.